The van der Waals surface area contributed by atoms with E-state index in [1.807, 2.05) is 0 Å². The number of amides is 1. The molecule has 1 aromatic rings. The fourth-order valence-corrected chi connectivity index (χ4v) is 2.25. The normalized spacial score (nSPS) is 18.9. The number of piperidine rings is 1. The quantitative estimate of drug-likeness (QED) is 0.653. The van der Waals surface area contributed by atoms with Crippen LogP contribution in [-0.2, 0) is 0 Å². The van der Waals surface area contributed by atoms with Crippen LogP contribution in [0.5, 0.6) is 0 Å². The van der Waals surface area contributed by atoms with Crippen LogP contribution in [0.2, 0.25) is 5.02 Å². The first-order valence-electron chi connectivity index (χ1n) is 6.03. The Balaban J connectivity index is 2.16. The summed E-state index contributed by atoms with van der Waals surface area (Å²) in [7, 11) is 0. The molecule has 1 amide bonds. The van der Waals surface area contributed by atoms with E-state index >= 15 is 0 Å². The van der Waals surface area contributed by atoms with Gasteiger partial charge in [0, 0.05) is 23.7 Å². The molecule has 2 rings (SSSR count). The molecular formula is C12H14ClN3O3. The molecule has 1 heterocycles. The number of hydrogen-bond acceptors (Lipinski definition) is 4. The van der Waals surface area contributed by atoms with Gasteiger partial charge in [-0.2, -0.15) is 0 Å². The highest BCUT2D eigenvalue weighted by Crippen LogP contribution is 2.23. The Morgan fingerprint density at radius 1 is 1.53 bits per heavy atom. The highest BCUT2D eigenvalue weighted by atomic mass is 35.5. The van der Waals surface area contributed by atoms with E-state index in [0.29, 0.717) is 6.54 Å². The van der Waals surface area contributed by atoms with Crippen LogP contribution in [0, 0.1) is 10.1 Å². The summed E-state index contributed by atoms with van der Waals surface area (Å²) < 4.78 is 0. The molecule has 0 spiro atoms. The number of benzene rings is 1. The molecular weight excluding hydrogens is 270 g/mol. The average Bonchev–Trinajstić information content (AvgIpc) is 2.39. The van der Waals surface area contributed by atoms with Gasteiger partial charge in [0.05, 0.1) is 4.92 Å². The molecule has 1 saturated heterocycles. The first-order chi connectivity index (χ1) is 9.08. The van der Waals surface area contributed by atoms with Crippen LogP contribution in [0.3, 0.4) is 0 Å². The maximum Gasteiger partial charge on any atom is 0.283 e. The lowest BCUT2D eigenvalue weighted by atomic mass is 10.1. The molecule has 1 aliphatic rings. The standard InChI is InChI=1S/C12H14ClN3O3/c13-8-3-4-10(11(6-8)16(18)19)12(17)15-9-2-1-5-14-7-9/h3-4,6,9,14H,1-2,5,7H2,(H,15,17)/t9-/m0/s1. The van der Waals surface area contributed by atoms with E-state index in [0.717, 1.165) is 19.4 Å². The Labute approximate surface area is 115 Å². The van der Waals surface area contributed by atoms with Crippen molar-refractivity contribution in [3.8, 4) is 0 Å². The van der Waals surface area contributed by atoms with Gasteiger partial charge >= 0.3 is 0 Å². The highest BCUT2D eigenvalue weighted by molar-refractivity contribution is 6.31. The first kappa shape index (κ1) is 13.8. The summed E-state index contributed by atoms with van der Waals surface area (Å²) in [5.41, 5.74) is -0.228. The van der Waals surface area contributed by atoms with Gasteiger partial charge in [0.2, 0.25) is 0 Å². The second-order valence-corrected chi connectivity index (χ2v) is 4.87. The molecule has 19 heavy (non-hydrogen) atoms. The number of nitro groups is 1. The molecule has 102 valence electrons. The molecule has 0 radical (unpaired) electrons. The molecule has 0 saturated carbocycles. The number of carbonyl (C=O) groups is 1. The average molecular weight is 284 g/mol. The number of halogens is 1. The lowest BCUT2D eigenvalue weighted by Gasteiger charge is -2.23. The van der Waals surface area contributed by atoms with E-state index in [9.17, 15) is 14.9 Å². The zero-order chi connectivity index (χ0) is 13.8. The fraction of sp³-hybridized carbons (Fsp3) is 0.417. The van der Waals surface area contributed by atoms with Gasteiger partial charge in [-0.05, 0) is 31.5 Å². The summed E-state index contributed by atoms with van der Waals surface area (Å²) in [5.74, 6) is -0.433. The second-order valence-electron chi connectivity index (χ2n) is 4.44. The van der Waals surface area contributed by atoms with Crippen molar-refractivity contribution in [1.29, 1.82) is 0 Å². The second kappa shape index (κ2) is 5.99. The topological polar surface area (TPSA) is 84.3 Å². The monoisotopic (exact) mass is 283 g/mol. The Morgan fingerprint density at radius 3 is 2.95 bits per heavy atom. The van der Waals surface area contributed by atoms with Crippen molar-refractivity contribution in [2.75, 3.05) is 13.1 Å². The smallest absolute Gasteiger partial charge is 0.283 e. The van der Waals surface area contributed by atoms with Crippen LogP contribution in [0.25, 0.3) is 0 Å². The maximum atomic E-state index is 12.1. The molecule has 7 heteroatoms. The van der Waals surface area contributed by atoms with Crippen LogP contribution >= 0.6 is 11.6 Å². The lowest BCUT2D eigenvalue weighted by molar-refractivity contribution is -0.385. The minimum absolute atomic E-state index is 0.0107. The minimum Gasteiger partial charge on any atom is -0.348 e. The molecule has 0 aliphatic carbocycles. The summed E-state index contributed by atoms with van der Waals surface area (Å²) in [6.07, 6.45) is 1.85. The highest BCUT2D eigenvalue weighted by Gasteiger charge is 2.23. The van der Waals surface area contributed by atoms with Crippen LogP contribution in [-0.4, -0.2) is 30.0 Å². The van der Waals surface area contributed by atoms with Crippen molar-refractivity contribution in [2.24, 2.45) is 0 Å². The van der Waals surface area contributed by atoms with E-state index in [2.05, 4.69) is 10.6 Å². The molecule has 2 N–H and O–H groups in total. The molecule has 0 bridgehead atoms. The van der Waals surface area contributed by atoms with Gasteiger partial charge in [-0.25, -0.2) is 0 Å². The number of rotatable bonds is 3. The van der Waals surface area contributed by atoms with Crippen molar-refractivity contribution in [2.45, 2.75) is 18.9 Å². The van der Waals surface area contributed by atoms with Crippen molar-refractivity contribution < 1.29 is 9.72 Å². The van der Waals surface area contributed by atoms with E-state index in [4.69, 9.17) is 11.6 Å². The van der Waals surface area contributed by atoms with Gasteiger partial charge in [0.15, 0.2) is 0 Å². The minimum atomic E-state index is -0.597. The number of nitrogens with one attached hydrogen (secondary N) is 2. The van der Waals surface area contributed by atoms with Crippen molar-refractivity contribution in [3.63, 3.8) is 0 Å². The molecule has 6 nitrogen and oxygen atoms in total. The fourth-order valence-electron chi connectivity index (χ4n) is 2.09. The van der Waals surface area contributed by atoms with Gasteiger partial charge < -0.3 is 10.6 Å². The Morgan fingerprint density at radius 2 is 2.32 bits per heavy atom. The number of hydrogen-bond donors (Lipinski definition) is 2. The third kappa shape index (κ3) is 3.42. The predicted molar refractivity (Wildman–Crippen MR) is 71.5 cm³/mol. The summed E-state index contributed by atoms with van der Waals surface area (Å²) >= 11 is 5.71. The van der Waals surface area contributed by atoms with E-state index in [1.54, 1.807) is 0 Å². The maximum absolute atomic E-state index is 12.1. The summed E-state index contributed by atoms with van der Waals surface area (Å²) in [4.78, 5) is 22.4. The Hall–Kier alpha value is -1.66. The van der Waals surface area contributed by atoms with Crippen molar-refractivity contribution >= 4 is 23.2 Å². The van der Waals surface area contributed by atoms with Gasteiger partial charge in [0.1, 0.15) is 5.56 Å². The Bertz CT molecular complexity index is 501. The third-order valence-electron chi connectivity index (χ3n) is 3.03. The zero-order valence-electron chi connectivity index (χ0n) is 10.2. The van der Waals surface area contributed by atoms with Crippen LogP contribution in [0.4, 0.5) is 5.69 Å². The number of nitrogens with zero attached hydrogens (tertiary/aromatic N) is 1. The van der Waals surface area contributed by atoms with Crippen LogP contribution < -0.4 is 10.6 Å². The molecule has 1 fully saturated rings. The summed E-state index contributed by atoms with van der Waals surface area (Å²) in [6, 6.07) is 4.06. The Kier molecular flexibility index (Phi) is 4.34. The number of nitro benzene ring substituents is 1. The van der Waals surface area contributed by atoms with Gasteiger partial charge in [0.25, 0.3) is 11.6 Å². The van der Waals surface area contributed by atoms with Crippen LogP contribution in [0.15, 0.2) is 18.2 Å². The summed E-state index contributed by atoms with van der Waals surface area (Å²) in [5, 5.41) is 17.1. The first-order valence-corrected chi connectivity index (χ1v) is 6.41. The zero-order valence-corrected chi connectivity index (χ0v) is 10.9. The van der Waals surface area contributed by atoms with E-state index in [-0.39, 0.29) is 22.3 Å². The van der Waals surface area contributed by atoms with Gasteiger partial charge in [-0.1, -0.05) is 11.6 Å². The molecule has 0 unspecified atom stereocenters. The van der Waals surface area contributed by atoms with E-state index < -0.39 is 10.8 Å². The SMILES string of the molecule is O=C(N[C@H]1CCCNC1)c1ccc(Cl)cc1[N+](=O)[O-]. The molecule has 1 aliphatic heterocycles. The van der Waals surface area contributed by atoms with E-state index in [1.165, 1.54) is 18.2 Å². The third-order valence-corrected chi connectivity index (χ3v) is 3.27. The van der Waals surface area contributed by atoms with Crippen LogP contribution in [0.1, 0.15) is 23.2 Å². The van der Waals surface area contributed by atoms with Gasteiger partial charge in [-0.15, -0.1) is 0 Å². The largest absolute Gasteiger partial charge is 0.348 e. The van der Waals surface area contributed by atoms with Crippen molar-refractivity contribution in [3.05, 3.63) is 38.9 Å². The molecule has 1 aromatic carbocycles. The number of carbonyl (C=O) groups excluding carboxylic acids is 1. The predicted octanol–water partition coefficient (Wildman–Crippen LogP) is 1.73. The van der Waals surface area contributed by atoms with Crippen molar-refractivity contribution in [1.82, 2.24) is 10.6 Å². The summed E-state index contributed by atoms with van der Waals surface area (Å²) in [6.45, 7) is 1.63. The van der Waals surface area contributed by atoms with Gasteiger partial charge in [-0.3, -0.25) is 14.9 Å². The molecule has 0 aromatic heterocycles. The molecule has 1 atom stereocenters. The lowest BCUT2D eigenvalue weighted by Crippen LogP contribution is -2.45.